The Balaban J connectivity index is 2.24. The third-order valence-electron chi connectivity index (χ3n) is 3.13. The number of ether oxygens (including phenoxy) is 1. The number of hydrogen-bond donors (Lipinski definition) is 1. The Bertz CT molecular complexity index is 680. The third-order valence-corrected chi connectivity index (χ3v) is 3.13. The minimum absolute atomic E-state index is 0.242. The molecule has 1 aliphatic rings. The van der Waals surface area contributed by atoms with Crippen LogP contribution >= 0.6 is 0 Å². The summed E-state index contributed by atoms with van der Waals surface area (Å²) in [6.07, 6.45) is 0. The first-order valence-corrected chi connectivity index (χ1v) is 5.88. The van der Waals surface area contributed by atoms with E-state index in [2.05, 4.69) is 0 Å². The average molecular weight is 257 g/mol. The van der Waals surface area contributed by atoms with E-state index in [0.717, 1.165) is 10.8 Å². The minimum atomic E-state index is -1.46. The second kappa shape index (κ2) is 4.28. The Morgan fingerprint density at radius 3 is 2.74 bits per heavy atom. The number of anilines is 1. The lowest BCUT2D eigenvalue weighted by Gasteiger charge is -2.29. The Labute approximate surface area is 109 Å². The molecule has 0 unspecified atom stereocenters. The van der Waals surface area contributed by atoms with Gasteiger partial charge in [-0.25, -0.2) is 4.79 Å². The van der Waals surface area contributed by atoms with Crippen LogP contribution in [0.4, 0.5) is 5.69 Å². The molecule has 0 spiro atoms. The smallest absolute Gasteiger partial charge is 0.394 e. The number of carbonyl (C=O) groups is 2. The van der Waals surface area contributed by atoms with E-state index in [1.165, 1.54) is 4.90 Å². The molecular weight excluding hydrogens is 246 g/mol. The normalized spacial score (nSPS) is 13.8. The van der Waals surface area contributed by atoms with Crippen LogP contribution in [0.3, 0.4) is 0 Å². The highest BCUT2D eigenvalue weighted by Crippen LogP contribution is 2.38. The van der Waals surface area contributed by atoms with Crippen LogP contribution in [0.5, 0.6) is 5.75 Å². The number of nitrogens with zero attached hydrogens (tertiary/aromatic N) is 1. The molecule has 19 heavy (non-hydrogen) atoms. The Morgan fingerprint density at radius 2 is 1.95 bits per heavy atom. The molecule has 0 atom stereocenters. The fraction of sp³-hybridized carbons (Fsp3) is 0.143. The molecule has 0 aliphatic carbocycles. The summed E-state index contributed by atoms with van der Waals surface area (Å²) in [7, 11) is 0. The summed E-state index contributed by atoms with van der Waals surface area (Å²) in [5.74, 6) is -1.85. The van der Waals surface area contributed by atoms with Gasteiger partial charge in [-0.3, -0.25) is 9.69 Å². The molecule has 96 valence electrons. The number of carboxylic acids is 1. The molecular formula is C14H11NO4. The van der Waals surface area contributed by atoms with Crippen LogP contribution < -0.4 is 9.64 Å². The molecule has 0 aromatic heterocycles. The Morgan fingerprint density at radius 1 is 1.16 bits per heavy atom. The molecule has 0 fully saturated rings. The highest BCUT2D eigenvalue weighted by molar-refractivity contribution is 6.38. The van der Waals surface area contributed by atoms with Gasteiger partial charge < -0.3 is 9.84 Å². The maximum absolute atomic E-state index is 11.8. The van der Waals surface area contributed by atoms with Gasteiger partial charge in [-0.15, -0.1) is 0 Å². The zero-order valence-electron chi connectivity index (χ0n) is 10.00. The number of carbonyl (C=O) groups excluding carboxylic acids is 1. The monoisotopic (exact) mass is 257 g/mol. The summed E-state index contributed by atoms with van der Waals surface area (Å²) in [6, 6.07) is 11.2. The van der Waals surface area contributed by atoms with Crippen molar-refractivity contribution in [3.8, 4) is 5.75 Å². The Kier molecular flexibility index (Phi) is 2.59. The summed E-state index contributed by atoms with van der Waals surface area (Å²) in [5, 5.41) is 10.7. The van der Waals surface area contributed by atoms with E-state index in [9.17, 15) is 9.59 Å². The molecule has 0 saturated carbocycles. The van der Waals surface area contributed by atoms with Crippen LogP contribution in [-0.4, -0.2) is 30.1 Å². The van der Waals surface area contributed by atoms with Gasteiger partial charge in [0.25, 0.3) is 0 Å². The first-order valence-electron chi connectivity index (χ1n) is 5.88. The van der Waals surface area contributed by atoms with Crippen molar-refractivity contribution in [2.75, 3.05) is 18.1 Å². The van der Waals surface area contributed by atoms with E-state index in [0.29, 0.717) is 18.0 Å². The second-order valence-electron chi connectivity index (χ2n) is 4.24. The van der Waals surface area contributed by atoms with Crippen molar-refractivity contribution < 1.29 is 19.4 Å². The third kappa shape index (κ3) is 1.79. The predicted octanol–water partition coefficient (Wildman–Crippen LogP) is 1.65. The summed E-state index contributed by atoms with van der Waals surface area (Å²) in [5.41, 5.74) is 0.539. The van der Waals surface area contributed by atoms with Crippen molar-refractivity contribution in [1.82, 2.24) is 0 Å². The quantitative estimate of drug-likeness (QED) is 0.729. The fourth-order valence-electron chi connectivity index (χ4n) is 2.31. The van der Waals surface area contributed by atoms with Crippen LogP contribution in [0.2, 0.25) is 0 Å². The number of aliphatic carboxylic acids is 1. The summed E-state index contributed by atoms with van der Waals surface area (Å²) >= 11 is 0. The van der Waals surface area contributed by atoms with Gasteiger partial charge in [0.2, 0.25) is 0 Å². The van der Waals surface area contributed by atoms with E-state index in [-0.39, 0.29) is 6.54 Å². The standard InChI is InChI=1S/C14H11NO4/c16-13(14(17)18)15-7-8-19-11-6-5-9-3-1-2-4-10(9)12(11)15/h1-6H,7-8H2,(H,17,18). The van der Waals surface area contributed by atoms with Gasteiger partial charge in [-0.2, -0.15) is 0 Å². The lowest BCUT2D eigenvalue weighted by atomic mass is 10.1. The van der Waals surface area contributed by atoms with Gasteiger partial charge in [0.15, 0.2) is 0 Å². The number of fused-ring (bicyclic) bond motifs is 3. The van der Waals surface area contributed by atoms with Crippen LogP contribution in [0, 0.1) is 0 Å². The minimum Gasteiger partial charge on any atom is -0.490 e. The predicted molar refractivity (Wildman–Crippen MR) is 69.4 cm³/mol. The van der Waals surface area contributed by atoms with Crippen LogP contribution in [0.1, 0.15) is 0 Å². The topological polar surface area (TPSA) is 66.8 Å². The molecule has 1 N–H and O–H groups in total. The van der Waals surface area contributed by atoms with E-state index in [1.807, 2.05) is 30.3 Å². The van der Waals surface area contributed by atoms with Gasteiger partial charge in [-0.1, -0.05) is 30.3 Å². The summed E-state index contributed by atoms with van der Waals surface area (Å²) in [4.78, 5) is 24.0. The van der Waals surface area contributed by atoms with E-state index < -0.39 is 11.9 Å². The maximum Gasteiger partial charge on any atom is 0.394 e. The summed E-state index contributed by atoms with van der Waals surface area (Å²) in [6.45, 7) is 0.538. The zero-order valence-corrected chi connectivity index (χ0v) is 10.00. The van der Waals surface area contributed by atoms with Crippen molar-refractivity contribution in [3.63, 3.8) is 0 Å². The molecule has 2 aromatic rings. The van der Waals surface area contributed by atoms with Crippen molar-refractivity contribution in [2.45, 2.75) is 0 Å². The molecule has 5 nitrogen and oxygen atoms in total. The fourth-order valence-corrected chi connectivity index (χ4v) is 2.31. The molecule has 5 heteroatoms. The highest BCUT2D eigenvalue weighted by Gasteiger charge is 2.29. The van der Waals surface area contributed by atoms with E-state index in [4.69, 9.17) is 9.84 Å². The van der Waals surface area contributed by atoms with Crippen LogP contribution in [0.25, 0.3) is 10.8 Å². The number of carboxylic acid groups (broad SMARTS) is 1. The summed E-state index contributed by atoms with van der Waals surface area (Å²) < 4.78 is 5.50. The first-order chi connectivity index (χ1) is 9.18. The molecule has 0 saturated heterocycles. The van der Waals surface area contributed by atoms with E-state index in [1.54, 1.807) is 6.07 Å². The molecule has 1 aliphatic heterocycles. The van der Waals surface area contributed by atoms with Crippen molar-refractivity contribution >= 4 is 28.3 Å². The zero-order chi connectivity index (χ0) is 13.4. The lowest BCUT2D eigenvalue weighted by molar-refractivity contribution is -0.148. The van der Waals surface area contributed by atoms with Gasteiger partial charge in [0.1, 0.15) is 12.4 Å². The number of benzene rings is 2. The lowest BCUT2D eigenvalue weighted by Crippen LogP contribution is -2.41. The molecule has 1 amide bonds. The first kappa shape index (κ1) is 11.5. The van der Waals surface area contributed by atoms with Gasteiger partial charge >= 0.3 is 11.9 Å². The maximum atomic E-state index is 11.8. The largest absolute Gasteiger partial charge is 0.490 e. The van der Waals surface area contributed by atoms with Gasteiger partial charge in [-0.05, 0) is 11.5 Å². The molecule has 0 bridgehead atoms. The van der Waals surface area contributed by atoms with Gasteiger partial charge in [0.05, 0.1) is 12.2 Å². The van der Waals surface area contributed by atoms with Crippen molar-refractivity contribution in [2.24, 2.45) is 0 Å². The van der Waals surface area contributed by atoms with Crippen molar-refractivity contribution in [3.05, 3.63) is 36.4 Å². The van der Waals surface area contributed by atoms with Crippen LogP contribution in [0.15, 0.2) is 36.4 Å². The van der Waals surface area contributed by atoms with E-state index >= 15 is 0 Å². The SMILES string of the molecule is O=C(O)C(=O)N1CCOc2ccc3ccccc3c21. The average Bonchev–Trinajstić information content (AvgIpc) is 2.45. The number of rotatable bonds is 0. The molecule has 0 radical (unpaired) electrons. The van der Waals surface area contributed by atoms with Gasteiger partial charge in [0, 0.05) is 5.39 Å². The number of amides is 1. The van der Waals surface area contributed by atoms with Crippen molar-refractivity contribution in [1.29, 1.82) is 0 Å². The highest BCUT2D eigenvalue weighted by atomic mass is 16.5. The molecule has 3 rings (SSSR count). The number of hydrogen-bond acceptors (Lipinski definition) is 3. The molecule has 1 heterocycles. The van der Waals surface area contributed by atoms with Crippen LogP contribution in [-0.2, 0) is 9.59 Å². The second-order valence-corrected chi connectivity index (χ2v) is 4.24. The Hall–Kier alpha value is -2.56. The molecule has 2 aromatic carbocycles.